The van der Waals surface area contributed by atoms with E-state index >= 15 is 0 Å². The number of nitrogens with zero attached hydrogens (tertiary/aromatic N) is 7. The molecule has 3 heterocycles. The third-order valence-corrected chi connectivity index (χ3v) is 7.24. The van der Waals surface area contributed by atoms with E-state index in [9.17, 15) is 9.90 Å². The number of likely N-dealkylation sites (N-methyl/N-ethyl adjacent to an activating group) is 2. The minimum Gasteiger partial charge on any atom is -0.480 e. The lowest BCUT2D eigenvalue weighted by Crippen LogP contribution is -2.47. The zero-order chi connectivity index (χ0) is 26.0. The molecule has 0 bridgehead atoms. The van der Waals surface area contributed by atoms with Gasteiger partial charge in [0.25, 0.3) is 0 Å². The molecule has 2 aliphatic heterocycles. The molecule has 2 aliphatic rings. The molecule has 2 fully saturated rings. The maximum Gasteiger partial charge on any atom is 0.325 e. The van der Waals surface area contributed by atoms with Gasteiger partial charge in [-0.3, -0.25) is 19.3 Å². The smallest absolute Gasteiger partial charge is 0.325 e. The van der Waals surface area contributed by atoms with Crippen molar-refractivity contribution in [3.05, 3.63) is 84.4 Å². The van der Waals surface area contributed by atoms with Crippen molar-refractivity contribution in [2.24, 2.45) is 0 Å². The maximum absolute atomic E-state index is 11.4. The highest BCUT2D eigenvalue weighted by atomic mass is 16.4. The van der Waals surface area contributed by atoms with Gasteiger partial charge in [-0.2, -0.15) is 5.10 Å². The molecule has 1 N–H and O–H groups in total. The number of carboxylic acids is 1. The highest BCUT2D eigenvalue weighted by Gasteiger charge is 2.29. The lowest BCUT2D eigenvalue weighted by atomic mass is 10.0. The van der Waals surface area contributed by atoms with Crippen LogP contribution in [-0.4, -0.2) is 112 Å². The fourth-order valence-corrected chi connectivity index (χ4v) is 4.97. The Bertz CT molecular complexity index is 1050. The van der Waals surface area contributed by atoms with Gasteiger partial charge in [-0.15, -0.1) is 0 Å². The van der Waals surface area contributed by atoms with Gasteiger partial charge in [0, 0.05) is 52.4 Å². The van der Waals surface area contributed by atoms with E-state index < -0.39 is 12.0 Å². The van der Waals surface area contributed by atoms with Crippen molar-refractivity contribution in [3.63, 3.8) is 0 Å². The van der Waals surface area contributed by atoms with Crippen LogP contribution < -0.4 is 0 Å². The predicted octanol–water partition coefficient (Wildman–Crippen LogP) is 2.33. The normalized spacial score (nSPS) is 19.5. The Morgan fingerprint density at radius 2 is 1.30 bits per heavy atom. The van der Waals surface area contributed by atoms with Gasteiger partial charge in [-0.25, -0.2) is 4.98 Å². The van der Waals surface area contributed by atoms with Crippen LogP contribution in [0.25, 0.3) is 0 Å². The molecule has 5 rings (SSSR count). The minimum atomic E-state index is -0.763. The molecule has 37 heavy (non-hydrogen) atoms. The van der Waals surface area contributed by atoms with Crippen LogP contribution in [0.5, 0.6) is 0 Å². The Labute approximate surface area is 219 Å². The van der Waals surface area contributed by atoms with Gasteiger partial charge in [0.1, 0.15) is 18.7 Å². The summed E-state index contributed by atoms with van der Waals surface area (Å²) in [5.41, 5.74) is 2.22. The summed E-state index contributed by atoms with van der Waals surface area (Å²) in [4.78, 5) is 24.7. The predicted molar refractivity (Wildman–Crippen MR) is 144 cm³/mol. The van der Waals surface area contributed by atoms with Gasteiger partial charge in [0.15, 0.2) is 0 Å². The minimum absolute atomic E-state index is 0.367. The van der Waals surface area contributed by atoms with E-state index in [1.54, 1.807) is 12.7 Å². The molecule has 198 valence electrons. The van der Waals surface area contributed by atoms with E-state index in [1.807, 2.05) is 39.9 Å². The zero-order valence-corrected chi connectivity index (χ0v) is 21.9. The number of benzene rings is 2. The van der Waals surface area contributed by atoms with E-state index in [4.69, 9.17) is 0 Å². The first-order valence-electron chi connectivity index (χ1n) is 13.0. The highest BCUT2D eigenvalue weighted by Crippen LogP contribution is 2.24. The Morgan fingerprint density at radius 3 is 1.78 bits per heavy atom. The van der Waals surface area contributed by atoms with Gasteiger partial charge < -0.3 is 14.9 Å². The van der Waals surface area contributed by atoms with Gasteiger partial charge >= 0.3 is 5.97 Å². The number of carbonyl (C=O) groups is 1. The molecule has 2 atom stereocenters. The zero-order valence-electron chi connectivity index (χ0n) is 21.9. The fraction of sp³-hybridized carbons (Fsp3) is 0.464. The molecule has 2 unspecified atom stereocenters. The quantitative estimate of drug-likeness (QED) is 0.524. The Kier molecular flexibility index (Phi) is 9.78. The molecular formula is C28H39N7O2. The van der Waals surface area contributed by atoms with Crippen LogP contribution >= 0.6 is 0 Å². The molecule has 3 aromatic rings. The average molecular weight is 506 g/mol. The molecular weight excluding hydrogens is 466 g/mol. The standard InChI is InChI=1S/C15H21N5.C13H18N2O2/c1-18-7-9-19(10-8-18)15(11-20-13-16-12-17-20)14-5-3-2-4-6-14;1-14-7-9-15(10-8-14)12(13(16)17)11-5-3-2-4-6-11/h2-6,12-13,15H,7-11H2,1H3;2-6,12H,7-10H2,1H3,(H,16,17). The molecule has 0 radical (unpaired) electrons. The van der Waals surface area contributed by atoms with Crippen LogP contribution in [0.3, 0.4) is 0 Å². The molecule has 9 heteroatoms. The van der Waals surface area contributed by atoms with Crippen molar-refractivity contribution < 1.29 is 9.90 Å². The van der Waals surface area contributed by atoms with Crippen molar-refractivity contribution in [1.29, 1.82) is 0 Å². The fourth-order valence-electron chi connectivity index (χ4n) is 4.97. The van der Waals surface area contributed by atoms with Crippen molar-refractivity contribution in [2.75, 3.05) is 66.5 Å². The number of hydrogen-bond donors (Lipinski definition) is 1. The summed E-state index contributed by atoms with van der Waals surface area (Å²) in [6.45, 7) is 8.78. The first kappa shape index (κ1) is 26.9. The van der Waals surface area contributed by atoms with Crippen LogP contribution in [0.2, 0.25) is 0 Å². The van der Waals surface area contributed by atoms with Crippen molar-refractivity contribution in [3.8, 4) is 0 Å². The first-order valence-corrected chi connectivity index (χ1v) is 13.0. The molecule has 9 nitrogen and oxygen atoms in total. The lowest BCUT2D eigenvalue weighted by molar-refractivity contribution is -0.144. The molecule has 2 saturated heterocycles. The van der Waals surface area contributed by atoms with E-state index in [2.05, 4.69) is 69.2 Å². The highest BCUT2D eigenvalue weighted by molar-refractivity contribution is 5.75. The van der Waals surface area contributed by atoms with E-state index in [1.165, 1.54) is 5.56 Å². The van der Waals surface area contributed by atoms with Gasteiger partial charge in [0.05, 0.1) is 12.6 Å². The Balaban J connectivity index is 0.000000176. The molecule has 1 aromatic heterocycles. The number of carboxylic acid groups (broad SMARTS) is 1. The van der Waals surface area contributed by atoms with Crippen LogP contribution in [0.15, 0.2) is 73.3 Å². The summed E-state index contributed by atoms with van der Waals surface area (Å²) in [6.07, 6.45) is 3.40. The van der Waals surface area contributed by atoms with Crippen LogP contribution in [-0.2, 0) is 11.3 Å². The third kappa shape index (κ3) is 7.69. The summed E-state index contributed by atoms with van der Waals surface area (Å²) in [5.74, 6) is -0.763. The van der Waals surface area contributed by atoms with E-state index in [-0.39, 0.29) is 0 Å². The van der Waals surface area contributed by atoms with Gasteiger partial charge in [-0.1, -0.05) is 60.7 Å². The summed E-state index contributed by atoms with van der Waals surface area (Å²) >= 11 is 0. The van der Waals surface area contributed by atoms with Gasteiger partial charge in [-0.05, 0) is 25.2 Å². The summed E-state index contributed by atoms with van der Waals surface area (Å²) in [6, 6.07) is 20.0. The van der Waals surface area contributed by atoms with E-state index in [0.29, 0.717) is 6.04 Å². The van der Waals surface area contributed by atoms with Gasteiger partial charge in [0.2, 0.25) is 0 Å². The number of aromatic nitrogens is 3. The van der Waals surface area contributed by atoms with Crippen LogP contribution in [0.1, 0.15) is 23.2 Å². The molecule has 0 aliphatic carbocycles. The summed E-state index contributed by atoms with van der Waals surface area (Å²) in [7, 11) is 4.25. The molecule has 0 spiro atoms. The summed E-state index contributed by atoms with van der Waals surface area (Å²) in [5, 5.41) is 13.6. The topological polar surface area (TPSA) is 81.0 Å². The number of hydrogen-bond acceptors (Lipinski definition) is 7. The van der Waals surface area contributed by atoms with Crippen LogP contribution in [0, 0.1) is 0 Å². The second-order valence-electron chi connectivity index (χ2n) is 9.87. The summed E-state index contributed by atoms with van der Waals surface area (Å²) < 4.78 is 1.93. The second kappa shape index (κ2) is 13.4. The maximum atomic E-state index is 11.4. The van der Waals surface area contributed by atoms with E-state index in [0.717, 1.165) is 64.5 Å². The number of rotatable bonds is 7. The van der Waals surface area contributed by atoms with Crippen molar-refractivity contribution >= 4 is 5.97 Å². The SMILES string of the molecule is CN1CCN(C(C(=O)O)c2ccccc2)CC1.CN1CCN(C(Cn2cncn2)c2ccccc2)CC1. The lowest BCUT2D eigenvalue weighted by Gasteiger charge is -2.38. The largest absolute Gasteiger partial charge is 0.480 e. The average Bonchev–Trinajstić information content (AvgIpc) is 3.44. The van der Waals surface area contributed by atoms with Crippen molar-refractivity contribution in [1.82, 2.24) is 34.4 Å². The second-order valence-corrected chi connectivity index (χ2v) is 9.87. The third-order valence-electron chi connectivity index (χ3n) is 7.24. The molecule has 2 aromatic carbocycles. The Morgan fingerprint density at radius 1 is 0.784 bits per heavy atom. The van der Waals surface area contributed by atoms with Crippen molar-refractivity contribution in [2.45, 2.75) is 18.6 Å². The number of aliphatic carboxylic acids is 1. The monoisotopic (exact) mass is 505 g/mol. The van der Waals surface area contributed by atoms with Crippen LogP contribution in [0.4, 0.5) is 0 Å². The first-order chi connectivity index (χ1) is 18.0. The number of piperazine rings is 2. The Hall–Kier alpha value is -3.11. The molecule has 0 saturated carbocycles. The molecule has 0 amide bonds.